The molecule has 1 aliphatic heterocycles. The molecule has 1 aromatic carbocycles. The first kappa shape index (κ1) is 14.0. The van der Waals surface area contributed by atoms with Crippen LogP contribution in [0, 0.1) is 5.82 Å². The van der Waals surface area contributed by atoms with Gasteiger partial charge in [0, 0.05) is 31.1 Å². The predicted molar refractivity (Wildman–Crippen MR) is 82.0 cm³/mol. The van der Waals surface area contributed by atoms with Crippen molar-refractivity contribution in [3.8, 4) is 0 Å². The minimum atomic E-state index is -0.361. The van der Waals surface area contributed by atoms with Gasteiger partial charge in [0.2, 0.25) is 0 Å². The number of rotatable bonds is 3. The molecule has 0 unspecified atom stereocenters. The molecule has 1 saturated heterocycles. The maximum absolute atomic E-state index is 13.4. The largest absolute Gasteiger partial charge is 0.314 e. The lowest BCUT2D eigenvalue weighted by Gasteiger charge is -2.34. The molecule has 2 heterocycles. The molecule has 3 rings (SSSR count). The lowest BCUT2D eigenvalue weighted by molar-refractivity contribution is 0.200. The number of thiophene rings is 1. The van der Waals surface area contributed by atoms with Crippen molar-refractivity contribution >= 4 is 22.9 Å². The number of nitrogens with one attached hydrogen (secondary N) is 1. The van der Waals surface area contributed by atoms with Gasteiger partial charge in [-0.1, -0.05) is 23.7 Å². The van der Waals surface area contributed by atoms with Gasteiger partial charge in [0.25, 0.3) is 0 Å². The van der Waals surface area contributed by atoms with Crippen LogP contribution in [0.3, 0.4) is 0 Å². The zero-order chi connectivity index (χ0) is 13.9. The summed E-state index contributed by atoms with van der Waals surface area (Å²) in [6.45, 7) is 3.93. The maximum atomic E-state index is 13.4. The third-order valence-corrected chi connectivity index (χ3v) is 4.80. The van der Waals surface area contributed by atoms with Crippen LogP contribution in [0.4, 0.5) is 4.39 Å². The average molecular weight is 311 g/mol. The van der Waals surface area contributed by atoms with Crippen molar-refractivity contribution in [2.75, 3.05) is 26.2 Å². The molecule has 0 amide bonds. The Hall–Kier alpha value is -0.940. The summed E-state index contributed by atoms with van der Waals surface area (Å²) < 4.78 is 13.4. The minimum absolute atomic E-state index is 0.162. The quantitative estimate of drug-likeness (QED) is 0.933. The lowest BCUT2D eigenvalue weighted by atomic mass is 10.0. The molecule has 0 spiro atoms. The molecule has 1 atom stereocenters. The van der Waals surface area contributed by atoms with E-state index in [1.54, 1.807) is 17.4 Å². The molecule has 2 aromatic rings. The van der Waals surface area contributed by atoms with E-state index in [9.17, 15) is 4.39 Å². The van der Waals surface area contributed by atoms with Crippen molar-refractivity contribution in [2.24, 2.45) is 0 Å². The van der Waals surface area contributed by atoms with E-state index in [-0.39, 0.29) is 16.9 Å². The second kappa shape index (κ2) is 6.22. The van der Waals surface area contributed by atoms with E-state index < -0.39 is 0 Å². The molecule has 2 nitrogen and oxygen atoms in total. The van der Waals surface area contributed by atoms with Crippen LogP contribution in [0.1, 0.15) is 16.5 Å². The van der Waals surface area contributed by atoms with Crippen LogP contribution in [0.2, 0.25) is 5.02 Å². The first-order chi connectivity index (χ1) is 9.75. The van der Waals surface area contributed by atoms with Crippen LogP contribution in [0.15, 0.2) is 35.7 Å². The van der Waals surface area contributed by atoms with Crippen molar-refractivity contribution < 1.29 is 4.39 Å². The summed E-state index contributed by atoms with van der Waals surface area (Å²) in [4.78, 5) is 3.70. The first-order valence-corrected chi connectivity index (χ1v) is 7.94. The second-order valence-corrected chi connectivity index (χ2v) is 6.26. The van der Waals surface area contributed by atoms with E-state index in [0.717, 1.165) is 31.7 Å². The molecule has 1 N–H and O–H groups in total. The fourth-order valence-corrected chi connectivity index (χ4v) is 3.70. The minimum Gasteiger partial charge on any atom is -0.314 e. The molecule has 1 aromatic heterocycles. The SMILES string of the molecule is Fc1ccc([C@H](c2cccs2)N2CCNCC2)cc1Cl. The van der Waals surface area contributed by atoms with Gasteiger partial charge in [-0.25, -0.2) is 4.39 Å². The average Bonchev–Trinajstić information content (AvgIpc) is 2.98. The molecule has 1 aliphatic rings. The predicted octanol–water partition coefficient (Wildman–Crippen LogP) is 3.54. The number of hydrogen-bond donors (Lipinski definition) is 1. The zero-order valence-electron chi connectivity index (χ0n) is 11.0. The number of nitrogens with zero attached hydrogens (tertiary/aromatic N) is 1. The van der Waals surface area contributed by atoms with E-state index in [2.05, 4.69) is 27.7 Å². The summed E-state index contributed by atoms with van der Waals surface area (Å²) in [5, 5.41) is 5.64. The Bertz CT molecular complexity index is 567. The Kier molecular flexibility index (Phi) is 4.36. The molecule has 0 bridgehead atoms. The van der Waals surface area contributed by atoms with Crippen molar-refractivity contribution in [3.63, 3.8) is 0 Å². The normalized spacial score (nSPS) is 18.1. The van der Waals surface area contributed by atoms with E-state index in [1.165, 1.54) is 10.9 Å². The molecule has 20 heavy (non-hydrogen) atoms. The van der Waals surface area contributed by atoms with Gasteiger partial charge in [-0.3, -0.25) is 4.90 Å². The van der Waals surface area contributed by atoms with Gasteiger partial charge in [-0.05, 0) is 29.1 Å². The summed E-state index contributed by atoms with van der Waals surface area (Å²) in [6, 6.07) is 9.40. The molecule has 106 valence electrons. The van der Waals surface area contributed by atoms with E-state index in [1.807, 2.05) is 6.07 Å². The highest BCUT2D eigenvalue weighted by molar-refractivity contribution is 7.10. The van der Waals surface area contributed by atoms with Gasteiger partial charge < -0.3 is 5.32 Å². The van der Waals surface area contributed by atoms with Crippen molar-refractivity contribution in [1.29, 1.82) is 0 Å². The number of hydrogen-bond acceptors (Lipinski definition) is 3. The highest BCUT2D eigenvalue weighted by Gasteiger charge is 2.25. The summed E-state index contributed by atoms with van der Waals surface area (Å²) in [6.07, 6.45) is 0. The lowest BCUT2D eigenvalue weighted by Crippen LogP contribution is -2.45. The Morgan fingerprint density at radius 1 is 1.25 bits per heavy atom. The summed E-state index contributed by atoms with van der Waals surface area (Å²) in [5.41, 5.74) is 1.06. The number of piperazine rings is 1. The Morgan fingerprint density at radius 2 is 2.05 bits per heavy atom. The fourth-order valence-electron chi connectivity index (χ4n) is 2.62. The van der Waals surface area contributed by atoms with E-state index in [0.29, 0.717) is 0 Å². The summed E-state index contributed by atoms with van der Waals surface area (Å²) >= 11 is 7.69. The number of halogens is 2. The van der Waals surface area contributed by atoms with Crippen molar-refractivity contribution in [2.45, 2.75) is 6.04 Å². The van der Waals surface area contributed by atoms with Crippen LogP contribution in [-0.2, 0) is 0 Å². The van der Waals surface area contributed by atoms with Gasteiger partial charge in [0.1, 0.15) is 5.82 Å². The third-order valence-electron chi connectivity index (χ3n) is 3.59. The van der Waals surface area contributed by atoms with Gasteiger partial charge in [0.15, 0.2) is 0 Å². The van der Waals surface area contributed by atoms with Gasteiger partial charge in [0.05, 0.1) is 11.1 Å². The van der Waals surface area contributed by atoms with Gasteiger partial charge in [-0.15, -0.1) is 11.3 Å². The Morgan fingerprint density at radius 3 is 2.70 bits per heavy atom. The Balaban J connectivity index is 1.98. The smallest absolute Gasteiger partial charge is 0.141 e. The third kappa shape index (κ3) is 2.88. The van der Waals surface area contributed by atoms with Crippen LogP contribution in [0.5, 0.6) is 0 Å². The summed E-state index contributed by atoms with van der Waals surface area (Å²) in [5.74, 6) is -0.361. The highest BCUT2D eigenvalue weighted by Crippen LogP contribution is 2.33. The molecular weight excluding hydrogens is 295 g/mol. The fraction of sp³-hybridized carbons (Fsp3) is 0.333. The Labute approximate surface area is 127 Å². The molecular formula is C15H16ClFN2S. The zero-order valence-corrected chi connectivity index (χ0v) is 12.6. The number of benzene rings is 1. The monoisotopic (exact) mass is 310 g/mol. The standard InChI is InChI=1S/C15H16ClFN2S/c16-12-10-11(3-4-13(12)17)15(14-2-1-9-20-14)19-7-5-18-6-8-19/h1-4,9-10,15,18H,5-8H2/t15-/m1/s1. The van der Waals surface area contributed by atoms with Gasteiger partial charge in [-0.2, -0.15) is 0 Å². The van der Waals surface area contributed by atoms with Crippen molar-refractivity contribution in [3.05, 3.63) is 57.0 Å². The van der Waals surface area contributed by atoms with Crippen molar-refractivity contribution in [1.82, 2.24) is 10.2 Å². The van der Waals surface area contributed by atoms with Crippen LogP contribution >= 0.6 is 22.9 Å². The molecule has 0 aliphatic carbocycles. The topological polar surface area (TPSA) is 15.3 Å². The second-order valence-electron chi connectivity index (χ2n) is 4.88. The van der Waals surface area contributed by atoms with Crippen LogP contribution in [0.25, 0.3) is 0 Å². The molecule has 5 heteroatoms. The van der Waals surface area contributed by atoms with Gasteiger partial charge >= 0.3 is 0 Å². The molecule has 0 saturated carbocycles. The molecule has 1 fully saturated rings. The van der Waals surface area contributed by atoms with E-state index >= 15 is 0 Å². The maximum Gasteiger partial charge on any atom is 0.141 e. The molecule has 0 radical (unpaired) electrons. The highest BCUT2D eigenvalue weighted by atomic mass is 35.5. The van der Waals surface area contributed by atoms with Crippen LogP contribution in [-0.4, -0.2) is 31.1 Å². The first-order valence-electron chi connectivity index (χ1n) is 6.69. The van der Waals surface area contributed by atoms with Crippen LogP contribution < -0.4 is 5.32 Å². The summed E-state index contributed by atoms with van der Waals surface area (Å²) in [7, 11) is 0. The van der Waals surface area contributed by atoms with E-state index in [4.69, 9.17) is 11.6 Å².